The molecule has 1 N–H and O–H groups in total. The molecule has 0 radical (unpaired) electrons. The number of anilines is 1. The van der Waals surface area contributed by atoms with Crippen molar-refractivity contribution in [3.05, 3.63) is 65.0 Å². The Bertz CT molecular complexity index is 667. The number of nitrogens with one attached hydrogen (secondary N) is 1. The van der Waals surface area contributed by atoms with E-state index in [0.717, 1.165) is 35.2 Å². The Morgan fingerprint density at radius 3 is 2.14 bits per heavy atom. The first-order chi connectivity index (χ1) is 9.99. The zero-order valence-electron chi connectivity index (χ0n) is 12.2. The third-order valence-electron chi connectivity index (χ3n) is 4.06. The Labute approximate surface area is 124 Å². The lowest BCUT2D eigenvalue weighted by molar-refractivity contribution is -0.118. The van der Waals surface area contributed by atoms with E-state index in [2.05, 4.69) is 11.4 Å². The van der Waals surface area contributed by atoms with Gasteiger partial charge in [-0.15, -0.1) is 0 Å². The van der Waals surface area contributed by atoms with Crippen LogP contribution in [-0.2, 0) is 10.2 Å². The lowest BCUT2D eigenvalue weighted by atomic mass is 9.94. The molecule has 0 aromatic heterocycles. The molecular weight excluding hydrogens is 265 g/mol. The van der Waals surface area contributed by atoms with Crippen LogP contribution in [0.4, 0.5) is 10.1 Å². The molecule has 1 fully saturated rings. The van der Waals surface area contributed by atoms with Gasteiger partial charge in [0.2, 0.25) is 5.91 Å². The summed E-state index contributed by atoms with van der Waals surface area (Å²) in [7, 11) is 0. The summed E-state index contributed by atoms with van der Waals surface area (Å²) >= 11 is 0. The molecule has 1 amide bonds. The molecule has 0 spiro atoms. The number of carbonyl (C=O) groups excluding carboxylic acids is 1. The van der Waals surface area contributed by atoms with Gasteiger partial charge in [-0.05, 0) is 67.6 Å². The summed E-state index contributed by atoms with van der Waals surface area (Å²) in [6, 6.07) is 12.3. The van der Waals surface area contributed by atoms with Gasteiger partial charge in [-0.1, -0.05) is 18.2 Å². The van der Waals surface area contributed by atoms with Gasteiger partial charge in [0.25, 0.3) is 0 Å². The van der Waals surface area contributed by atoms with Crippen molar-refractivity contribution >= 4 is 11.6 Å². The smallest absolute Gasteiger partial charge is 0.235 e. The Hall–Kier alpha value is -2.16. The molecule has 0 heterocycles. The summed E-state index contributed by atoms with van der Waals surface area (Å²) in [5.41, 5.74) is 3.48. The number of hydrogen-bond acceptors (Lipinski definition) is 1. The normalized spacial score (nSPS) is 15.6. The van der Waals surface area contributed by atoms with Crippen LogP contribution in [0.3, 0.4) is 0 Å². The number of hydrogen-bond donors (Lipinski definition) is 1. The Morgan fingerprint density at radius 1 is 1.05 bits per heavy atom. The topological polar surface area (TPSA) is 29.1 Å². The van der Waals surface area contributed by atoms with Crippen LogP contribution in [-0.4, -0.2) is 5.91 Å². The number of aryl methyl sites for hydroxylation is 2. The summed E-state index contributed by atoms with van der Waals surface area (Å²) in [6.07, 6.45) is 1.63. The van der Waals surface area contributed by atoms with Crippen molar-refractivity contribution < 1.29 is 9.18 Å². The molecule has 2 aromatic carbocycles. The van der Waals surface area contributed by atoms with Crippen molar-refractivity contribution in [2.24, 2.45) is 0 Å². The van der Waals surface area contributed by atoms with Crippen molar-refractivity contribution in [2.45, 2.75) is 32.1 Å². The van der Waals surface area contributed by atoms with Crippen LogP contribution in [0, 0.1) is 19.7 Å². The quantitative estimate of drug-likeness (QED) is 0.902. The SMILES string of the molecule is Cc1cc(C)cc(NC(=O)C2(c3ccc(F)cc3)CC2)c1. The minimum Gasteiger partial charge on any atom is -0.325 e. The summed E-state index contributed by atoms with van der Waals surface area (Å²) < 4.78 is 13.0. The van der Waals surface area contributed by atoms with Crippen molar-refractivity contribution in [3.63, 3.8) is 0 Å². The van der Waals surface area contributed by atoms with Crippen molar-refractivity contribution in [3.8, 4) is 0 Å². The lowest BCUT2D eigenvalue weighted by Gasteiger charge is -2.16. The highest BCUT2D eigenvalue weighted by Gasteiger charge is 2.51. The highest BCUT2D eigenvalue weighted by atomic mass is 19.1. The van der Waals surface area contributed by atoms with Crippen LogP contribution in [0.5, 0.6) is 0 Å². The molecule has 0 aliphatic heterocycles. The molecule has 1 aliphatic rings. The number of benzene rings is 2. The highest BCUT2D eigenvalue weighted by Crippen LogP contribution is 2.49. The first-order valence-electron chi connectivity index (χ1n) is 7.15. The molecule has 0 bridgehead atoms. The predicted octanol–water partition coefficient (Wildman–Crippen LogP) is 4.11. The van der Waals surface area contributed by atoms with Crippen LogP contribution in [0.15, 0.2) is 42.5 Å². The second-order valence-corrected chi connectivity index (χ2v) is 5.92. The van der Waals surface area contributed by atoms with Gasteiger partial charge >= 0.3 is 0 Å². The molecule has 2 aromatic rings. The molecule has 1 aliphatic carbocycles. The van der Waals surface area contributed by atoms with Crippen LogP contribution >= 0.6 is 0 Å². The molecule has 0 atom stereocenters. The van der Waals surface area contributed by atoms with E-state index in [1.165, 1.54) is 12.1 Å². The average Bonchev–Trinajstić information content (AvgIpc) is 3.19. The molecule has 108 valence electrons. The largest absolute Gasteiger partial charge is 0.325 e. The molecule has 0 unspecified atom stereocenters. The van der Waals surface area contributed by atoms with Gasteiger partial charge in [-0.25, -0.2) is 4.39 Å². The fraction of sp³-hybridized carbons (Fsp3) is 0.278. The maximum Gasteiger partial charge on any atom is 0.235 e. The van der Waals surface area contributed by atoms with E-state index in [-0.39, 0.29) is 11.7 Å². The van der Waals surface area contributed by atoms with Crippen LogP contribution in [0.2, 0.25) is 0 Å². The van der Waals surface area contributed by atoms with Gasteiger partial charge in [0, 0.05) is 5.69 Å². The standard InChI is InChI=1S/C18H18FNO/c1-12-9-13(2)11-16(10-12)20-17(21)18(7-8-18)14-3-5-15(19)6-4-14/h3-6,9-11H,7-8H2,1-2H3,(H,20,21). The van der Waals surface area contributed by atoms with E-state index in [1.807, 2.05) is 26.0 Å². The van der Waals surface area contributed by atoms with E-state index in [0.29, 0.717) is 0 Å². The van der Waals surface area contributed by atoms with E-state index < -0.39 is 5.41 Å². The molecule has 3 heteroatoms. The Balaban J connectivity index is 1.83. The maximum absolute atomic E-state index is 13.0. The minimum atomic E-state index is -0.481. The van der Waals surface area contributed by atoms with E-state index in [1.54, 1.807) is 12.1 Å². The van der Waals surface area contributed by atoms with Gasteiger partial charge < -0.3 is 5.32 Å². The number of amides is 1. The summed E-state index contributed by atoms with van der Waals surface area (Å²) in [5, 5.41) is 3.01. The zero-order valence-corrected chi connectivity index (χ0v) is 12.2. The van der Waals surface area contributed by atoms with E-state index >= 15 is 0 Å². The van der Waals surface area contributed by atoms with Gasteiger partial charge in [-0.2, -0.15) is 0 Å². The van der Waals surface area contributed by atoms with Gasteiger partial charge in [0.15, 0.2) is 0 Å². The van der Waals surface area contributed by atoms with Gasteiger partial charge in [-0.3, -0.25) is 4.79 Å². The zero-order chi connectivity index (χ0) is 15.0. The molecule has 0 saturated heterocycles. The fourth-order valence-electron chi connectivity index (χ4n) is 2.84. The monoisotopic (exact) mass is 283 g/mol. The number of rotatable bonds is 3. The highest BCUT2D eigenvalue weighted by molar-refractivity contribution is 6.01. The second-order valence-electron chi connectivity index (χ2n) is 5.92. The third-order valence-corrected chi connectivity index (χ3v) is 4.06. The average molecular weight is 283 g/mol. The second kappa shape index (κ2) is 4.99. The molecule has 1 saturated carbocycles. The minimum absolute atomic E-state index is 0.000826. The van der Waals surface area contributed by atoms with Crippen molar-refractivity contribution in [2.75, 3.05) is 5.32 Å². The number of halogens is 1. The van der Waals surface area contributed by atoms with Crippen molar-refractivity contribution in [1.82, 2.24) is 0 Å². The first kappa shape index (κ1) is 13.8. The lowest BCUT2D eigenvalue weighted by Crippen LogP contribution is -2.27. The molecular formula is C18H18FNO. The summed E-state index contributed by atoms with van der Waals surface area (Å²) in [4.78, 5) is 12.6. The summed E-state index contributed by atoms with van der Waals surface area (Å²) in [6.45, 7) is 4.02. The van der Waals surface area contributed by atoms with Crippen LogP contribution < -0.4 is 5.32 Å². The summed E-state index contributed by atoms with van der Waals surface area (Å²) in [5.74, 6) is -0.275. The predicted molar refractivity (Wildman–Crippen MR) is 81.9 cm³/mol. The molecule has 21 heavy (non-hydrogen) atoms. The van der Waals surface area contributed by atoms with E-state index in [4.69, 9.17) is 0 Å². The first-order valence-corrected chi connectivity index (χ1v) is 7.15. The molecule has 2 nitrogen and oxygen atoms in total. The number of carbonyl (C=O) groups is 1. The van der Waals surface area contributed by atoms with E-state index in [9.17, 15) is 9.18 Å². The molecule has 3 rings (SSSR count). The Morgan fingerprint density at radius 2 is 1.62 bits per heavy atom. The van der Waals surface area contributed by atoms with Crippen molar-refractivity contribution in [1.29, 1.82) is 0 Å². The third kappa shape index (κ3) is 2.68. The fourth-order valence-corrected chi connectivity index (χ4v) is 2.84. The maximum atomic E-state index is 13.0. The van der Waals surface area contributed by atoms with Crippen LogP contribution in [0.25, 0.3) is 0 Å². The van der Waals surface area contributed by atoms with Gasteiger partial charge in [0.1, 0.15) is 5.82 Å². The van der Waals surface area contributed by atoms with Gasteiger partial charge in [0.05, 0.1) is 5.41 Å². The Kier molecular flexibility index (Phi) is 3.28. The van der Waals surface area contributed by atoms with Crippen LogP contribution in [0.1, 0.15) is 29.5 Å².